The van der Waals surface area contributed by atoms with E-state index in [1.807, 2.05) is 6.08 Å². The summed E-state index contributed by atoms with van der Waals surface area (Å²) in [5, 5.41) is 10.4. The summed E-state index contributed by atoms with van der Waals surface area (Å²) in [6.45, 7) is 0.419. The first-order valence-electron chi connectivity index (χ1n) is 19.5. The Morgan fingerprint density at radius 3 is 2.44 bits per heavy atom. The molecule has 8 rings (SSSR count). The summed E-state index contributed by atoms with van der Waals surface area (Å²) >= 11 is 0. The van der Waals surface area contributed by atoms with E-state index in [9.17, 15) is 19.2 Å². The molecule has 3 aliphatic heterocycles. The van der Waals surface area contributed by atoms with Gasteiger partial charge in [0.05, 0.1) is 42.3 Å². The Labute approximate surface area is 336 Å². The highest BCUT2D eigenvalue weighted by atomic mass is 19.3. The van der Waals surface area contributed by atoms with Crippen LogP contribution in [0.25, 0.3) is 27.6 Å². The molecule has 0 bridgehead atoms. The van der Waals surface area contributed by atoms with E-state index < -0.39 is 41.8 Å². The molecule has 0 aliphatic carbocycles. The molecule has 3 aliphatic rings. The molecule has 16 heteroatoms. The number of aromatic nitrogens is 4. The average Bonchev–Trinajstić information content (AvgIpc) is 3.91. The van der Waals surface area contributed by atoms with Gasteiger partial charge < -0.3 is 19.7 Å². The minimum absolute atomic E-state index is 0.0108. The minimum Gasteiger partial charge on any atom is -0.363 e. The van der Waals surface area contributed by atoms with Crippen LogP contribution in [-0.2, 0) is 20.9 Å². The van der Waals surface area contributed by atoms with Gasteiger partial charge in [0.25, 0.3) is 11.8 Å². The molecule has 306 valence electrons. The highest BCUT2D eigenvalue weighted by Crippen LogP contribution is 2.44. The molecule has 0 radical (unpaired) electrons. The molecule has 3 aromatic carbocycles. The Morgan fingerprint density at radius 2 is 1.75 bits per heavy atom. The fourth-order valence-corrected chi connectivity index (χ4v) is 8.42. The third kappa shape index (κ3) is 7.82. The van der Waals surface area contributed by atoms with Crippen molar-refractivity contribution < 1.29 is 36.7 Å². The van der Waals surface area contributed by atoms with E-state index >= 15 is 17.6 Å². The number of carbonyl (C=O) groups excluding carboxylic acids is 4. The Hall–Kier alpha value is -6.32. The van der Waals surface area contributed by atoms with E-state index in [0.29, 0.717) is 52.7 Å². The number of carbonyl (C=O) groups is 4. The molecule has 4 amide bonds. The van der Waals surface area contributed by atoms with Gasteiger partial charge in [-0.2, -0.15) is 0 Å². The predicted molar refractivity (Wildman–Crippen MR) is 212 cm³/mol. The van der Waals surface area contributed by atoms with Crippen molar-refractivity contribution in [3.63, 3.8) is 0 Å². The number of nitrogens with one attached hydrogen (secondary N) is 2. The number of rotatable bonds is 9. The van der Waals surface area contributed by atoms with Crippen LogP contribution < -0.4 is 10.2 Å². The Bertz CT molecular complexity index is 2480. The number of alkyl halides is 2. The number of piperidine rings is 2. The van der Waals surface area contributed by atoms with E-state index in [4.69, 9.17) is 0 Å². The molecule has 5 heterocycles. The smallest absolute Gasteiger partial charge is 0.272 e. The van der Waals surface area contributed by atoms with Gasteiger partial charge in [0.2, 0.25) is 17.7 Å². The normalized spacial score (nSPS) is 19.5. The lowest BCUT2D eigenvalue weighted by molar-refractivity contribution is -0.134. The van der Waals surface area contributed by atoms with Gasteiger partial charge >= 0.3 is 0 Å². The first-order valence-corrected chi connectivity index (χ1v) is 19.5. The summed E-state index contributed by atoms with van der Waals surface area (Å²) in [5.41, 5.74) is 3.11. The number of hydrogen-bond donors (Lipinski definition) is 2. The van der Waals surface area contributed by atoms with Crippen LogP contribution in [0.3, 0.4) is 0 Å². The van der Waals surface area contributed by atoms with Crippen LogP contribution in [0, 0.1) is 11.6 Å². The second kappa shape index (κ2) is 15.8. The zero-order valence-electron chi connectivity index (χ0n) is 32.5. The first kappa shape index (κ1) is 39.5. The van der Waals surface area contributed by atoms with Crippen LogP contribution in [0.1, 0.15) is 71.1 Å². The van der Waals surface area contributed by atoms with Gasteiger partial charge in [-0.1, -0.05) is 41.6 Å². The van der Waals surface area contributed by atoms with Crippen LogP contribution in [-0.4, -0.2) is 99.6 Å². The van der Waals surface area contributed by atoms with Gasteiger partial charge in [0.1, 0.15) is 11.5 Å². The lowest BCUT2D eigenvalue weighted by Crippen LogP contribution is -2.47. The largest absolute Gasteiger partial charge is 0.363 e. The van der Waals surface area contributed by atoms with Crippen molar-refractivity contribution >= 4 is 45.8 Å². The summed E-state index contributed by atoms with van der Waals surface area (Å²) in [5.74, 6) is -7.76. The molecule has 2 saturated heterocycles. The first-order chi connectivity index (χ1) is 28.3. The van der Waals surface area contributed by atoms with Gasteiger partial charge in [0, 0.05) is 63.7 Å². The maximum Gasteiger partial charge on any atom is 0.272 e. The molecule has 1 unspecified atom stereocenters. The maximum atomic E-state index is 16.5. The number of fused-ring (bicyclic) bond motifs is 1. The quantitative estimate of drug-likeness (QED) is 0.133. The summed E-state index contributed by atoms with van der Waals surface area (Å²) in [6.07, 6.45) is 6.22. The fourth-order valence-electron chi connectivity index (χ4n) is 8.42. The molecule has 2 N–H and O–H groups in total. The molecule has 5 aromatic rings. The number of aryl methyl sites for hydroxylation is 1. The van der Waals surface area contributed by atoms with Crippen molar-refractivity contribution in [3.05, 3.63) is 107 Å². The van der Waals surface area contributed by atoms with Gasteiger partial charge in [-0.3, -0.25) is 29.2 Å². The maximum absolute atomic E-state index is 16.5. The Morgan fingerprint density at radius 1 is 0.966 bits per heavy atom. The summed E-state index contributed by atoms with van der Waals surface area (Å²) in [7, 11) is 3.18. The number of halogens is 4. The van der Waals surface area contributed by atoms with E-state index in [1.165, 1.54) is 28.1 Å². The van der Waals surface area contributed by atoms with E-state index in [0.717, 1.165) is 0 Å². The fraction of sp³-hybridized carbons (Fsp3) is 0.349. The number of imide groups is 1. The topological polar surface area (TPSA) is 137 Å². The van der Waals surface area contributed by atoms with Gasteiger partial charge in [0.15, 0.2) is 5.82 Å². The number of anilines is 1. The third-order valence-electron chi connectivity index (χ3n) is 11.5. The summed E-state index contributed by atoms with van der Waals surface area (Å²) in [6, 6.07) is 14.1. The van der Waals surface area contributed by atoms with Gasteiger partial charge in [-0.05, 0) is 71.4 Å². The second-order valence-electron chi connectivity index (χ2n) is 15.6. The molecule has 0 spiro atoms. The molecule has 0 saturated carbocycles. The standard InChI is InChI=1S/C43H42F4N8O4/c1-52(2)42(59)35-22-32-30(21-31(39(45)40(32)49-35)28-4-3-16-53(23-28)38(57)14-18-55-19-15-48-51-55)25-5-7-26(8-6-25)33-13-17-54(24-43(33,46)47)36-11-9-27(20-34(36)44)29-10-12-37(56)50-41(29)58/h4-9,11,15,19-22,29,33,49H,3,10,12-14,16-18,23-24H2,1-2H3,(H,50,56,58)/t29?,33-/m0/s1. The average molecular weight is 811 g/mol. The number of hydrogen-bond acceptors (Lipinski definition) is 7. The monoisotopic (exact) mass is 810 g/mol. The zero-order valence-corrected chi connectivity index (χ0v) is 32.5. The number of H-pyrrole nitrogens is 1. The molecule has 12 nitrogen and oxygen atoms in total. The number of nitrogens with zero attached hydrogens (tertiary/aromatic N) is 6. The Balaban J connectivity index is 1.04. The SMILES string of the molecule is CN(C)C(=O)c1cc2c(-c3ccc([C@@H]4CCN(c5ccc(C6CCC(=O)NC6=O)cc5F)CC4(F)F)cc3)cc(C3=CCCN(C(=O)CCn4ccnn4)C3)c(F)c2[nH]1. The highest BCUT2D eigenvalue weighted by molar-refractivity contribution is 6.04. The molecule has 2 atom stereocenters. The van der Waals surface area contributed by atoms with Crippen molar-refractivity contribution in [3.8, 4) is 11.1 Å². The molecular weight excluding hydrogens is 769 g/mol. The van der Waals surface area contributed by atoms with Crippen molar-refractivity contribution in [1.29, 1.82) is 0 Å². The number of aromatic amines is 1. The van der Waals surface area contributed by atoms with Crippen molar-refractivity contribution in [2.75, 3.05) is 45.2 Å². The lowest BCUT2D eigenvalue weighted by Gasteiger charge is -2.40. The molecule has 59 heavy (non-hydrogen) atoms. The summed E-state index contributed by atoms with van der Waals surface area (Å²) < 4.78 is 65.5. The van der Waals surface area contributed by atoms with Gasteiger partial charge in [-0.25, -0.2) is 17.6 Å². The van der Waals surface area contributed by atoms with Gasteiger partial charge in [-0.15, -0.1) is 5.10 Å². The number of amides is 4. The predicted octanol–water partition coefficient (Wildman–Crippen LogP) is 6.26. The van der Waals surface area contributed by atoms with Crippen LogP contribution in [0.4, 0.5) is 23.2 Å². The van der Waals surface area contributed by atoms with Crippen LogP contribution in [0.2, 0.25) is 0 Å². The lowest BCUT2D eigenvalue weighted by atomic mass is 9.84. The third-order valence-corrected chi connectivity index (χ3v) is 11.5. The van der Waals surface area contributed by atoms with E-state index in [2.05, 4.69) is 20.6 Å². The van der Waals surface area contributed by atoms with Crippen LogP contribution >= 0.6 is 0 Å². The van der Waals surface area contributed by atoms with E-state index in [1.54, 1.807) is 72.3 Å². The highest BCUT2D eigenvalue weighted by Gasteiger charge is 2.46. The van der Waals surface area contributed by atoms with Crippen LogP contribution in [0.5, 0.6) is 0 Å². The zero-order chi connectivity index (χ0) is 41.6. The van der Waals surface area contributed by atoms with Crippen molar-refractivity contribution in [2.24, 2.45) is 0 Å². The Kier molecular flexibility index (Phi) is 10.6. The molecule has 2 aromatic heterocycles. The second-order valence-corrected chi connectivity index (χ2v) is 15.6. The van der Waals surface area contributed by atoms with Crippen molar-refractivity contribution in [1.82, 2.24) is 35.1 Å². The summed E-state index contributed by atoms with van der Waals surface area (Å²) in [4.78, 5) is 57.5. The molecular formula is C43H42F4N8O4. The van der Waals surface area contributed by atoms with Crippen LogP contribution in [0.15, 0.2) is 73.1 Å². The molecule has 2 fully saturated rings. The van der Waals surface area contributed by atoms with E-state index in [-0.39, 0.29) is 79.0 Å². The van der Waals surface area contributed by atoms with Crippen molar-refractivity contribution in [2.45, 2.75) is 56.4 Å². The number of benzene rings is 3. The minimum atomic E-state index is -3.24.